The first-order valence-corrected chi connectivity index (χ1v) is 7.97. The molecular formula is C19H13ClN4O2. The minimum Gasteiger partial charge on any atom is -0.495 e. The van der Waals surface area contributed by atoms with Gasteiger partial charge in [-0.2, -0.15) is 5.26 Å². The molecule has 0 bridgehead atoms. The van der Waals surface area contributed by atoms with Crippen LogP contribution in [0.2, 0.25) is 5.02 Å². The number of aromatic nitrogens is 2. The number of para-hydroxylation sites is 2. The van der Waals surface area contributed by atoms with Crippen molar-refractivity contribution in [3.05, 3.63) is 65.0 Å². The van der Waals surface area contributed by atoms with Crippen molar-refractivity contribution in [3.8, 4) is 11.8 Å². The van der Waals surface area contributed by atoms with Crippen LogP contribution in [0.5, 0.6) is 5.75 Å². The molecule has 0 spiro atoms. The molecular weight excluding hydrogens is 352 g/mol. The zero-order chi connectivity index (χ0) is 18.5. The highest BCUT2D eigenvalue weighted by Gasteiger charge is 2.11. The van der Waals surface area contributed by atoms with Gasteiger partial charge in [-0.25, -0.2) is 4.98 Å². The lowest BCUT2D eigenvalue weighted by Crippen LogP contribution is -2.13. The van der Waals surface area contributed by atoms with Crippen molar-refractivity contribution < 1.29 is 9.53 Å². The van der Waals surface area contributed by atoms with E-state index in [-0.39, 0.29) is 5.57 Å². The summed E-state index contributed by atoms with van der Waals surface area (Å²) >= 11 is 6.04. The first-order chi connectivity index (χ1) is 12.6. The van der Waals surface area contributed by atoms with Crippen LogP contribution in [0.4, 0.5) is 5.69 Å². The van der Waals surface area contributed by atoms with E-state index in [0.717, 1.165) is 5.52 Å². The van der Waals surface area contributed by atoms with E-state index in [1.807, 2.05) is 30.3 Å². The van der Waals surface area contributed by atoms with Crippen LogP contribution in [-0.2, 0) is 4.79 Å². The lowest BCUT2D eigenvalue weighted by atomic mass is 10.2. The highest BCUT2D eigenvalue weighted by atomic mass is 35.5. The third-order valence-electron chi connectivity index (χ3n) is 3.53. The highest BCUT2D eigenvalue weighted by molar-refractivity contribution is 6.32. The Morgan fingerprint density at radius 3 is 2.73 bits per heavy atom. The van der Waals surface area contributed by atoms with Gasteiger partial charge in [-0.1, -0.05) is 23.7 Å². The van der Waals surface area contributed by atoms with Crippen LogP contribution in [0.15, 0.2) is 54.2 Å². The van der Waals surface area contributed by atoms with Gasteiger partial charge in [0.05, 0.1) is 35.1 Å². The van der Waals surface area contributed by atoms with Gasteiger partial charge in [-0.15, -0.1) is 0 Å². The molecule has 3 aromatic rings. The van der Waals surface area contributed by atoms with Gasteiger partial charge < -0.3 is 10.1 Å². The van der Waals surface area contributed by atoms with Crippen molar-refractivity contribution in [2.75, 3.05) is 12.4 Å². The molecule has 0 atom stereocenters. The molecule has 7 heteroatoms. The molecule has 0 aliphatic heterocycles. The number of ether oxygens (including phenoxy) is 1. The summed E-state index contributed by atoms with van der Waals surface area (Å²) in [7, 11) is 1.50. The number of hydrogen-bond donors (Lipinski definition) is 1. The Balaban J connectivity index is 1.84. The highest BCUT2D eigenvalue weighted by Crippen LogP contribution is 2.27. The van der Waals surface area contributed by atoms with Gasteiger partial charge in [0.1, 0.15) is 17.4 Å². The maximum absolute atomic E-state index is 12.4. The van der Waals surface area contributed by atoms with Gasteiger partial charge in [-0.05, 0) is 36.4 Å². The lowest BCUT2D eigenvalue weighted by molar-refractivity contribution is -0.112. The van der Waals surface area contributed by atoms with E-state index in [9.17, 15) is 10.1 Å². The van der Waals surface area contributed by atoms with Gasteiger partial charge in [0.15, 0.2) is 0 Å². The Bertz CT molecular complexity index is 1060. The number of nitriles is 1. The van der Waals surface area contributed by atoms with Gasteiger partial charge in [0.25, 0.3) is 5.91 Å². The predicted octanol–water partition coefficient (Wildman–Crippen LogP) is 3.84. The summed E-state index contributed by atoms with van der Waals surface area (Å²) in [6, 6.07) is 14.0. The third-order valence-corrected chi connectivity index (χ3v) is 3.83. The summed E-state index contributed by atoms with van der Waals surface area (Å²) in [6.07, 6.45) is 2.90. The molecule has 0 radical (unpaired) electrons. The van der Waals surface area contributed by atoms with E-state index in [1.165, 1.54) is 19.4 Å². The monoisotopic (exact) mass is 364 g/mol. The van der Waals surface area contributed by atoms with E-state index in [2.05, 4.69) is 15.3 Å². The first kappa shape index (κ1) is 17.4. The number of nitrogens with zero attached hydrogens (tertiary/aromatic N) is 3. The second-order valence-corrected chi connectivity index (χ2v) is 5.66. The molecule has 2 aromatic carbocycles. The molecule has 0 aliphatic rings. The van der Waals surface area contributed by atoms with E-state index < -0.39 is 5.91 Å². The third kappa shape index (κ3) is 3.79. The zero-order valence-corrected chi connectivity index (χ0v) is 14.5. The molecule has 1 heterocycles. The summed E-state index contributed by atoms with van der Waals surface area (Å²) in [5.74, 6) is -0.0733. The molecule has 0 saturated carbocycles. The Hall–Kier alpha value is -3.43. The number of carbonyl (C=O) groups is 1. The van der Waals surface area contributed by atoms with E-state index in [1.54, 1.807) is 18.2 Å². The molecule has 3 rings (SSSR count). The Kier molecular flexibility index (Phi) is 5.11. The fourth-order valence-electron chi connectivity index (χ4n) is 2.28. The van der Waals surface area contributed by atoms with Crippen LogP contribution < -0.4 is 10.1 Å². The zero-order valence-electron chi connectivity index (χ0n) is 13.7. The van der Waals surface area contributed by atoms with Gasteiger partial charge >= 0.3 is 0 Å². The average Bonchev–Trinajstić information content (AvgIpc) is 2.66. The molecule has 0 fully saturated rings. The summed E-state index contributed by atoms with van der Waals surface area (Å²) in [4.78, 5) is 21.0. The number of nitrogens with one attached hydrogen (secondary N) is 1. The van der Waals surface area contributed by atoms with Crippen LogP contribution in [0, 0.1) is 11.3 Å². The largest absolute Gasteiger partial charge is 0.495 e. The van der Waals surface area contributed by atoms with Crippen LogP contribution in [-0.4, -0.2) is 23.0 Å². The lowest BCUT2D eigenvalue weighted by Gasteiger charge is -2.07. The number of methoxy groups -OCH3 is 1. The number of hydrogen-bond acceptors (Lipinski definition) is 5. The fraction of sp³-hybridized carbons (Fsp3) is 0.0526. The van der Waals surface area contributed by atoms with Crippen LogP contribution in [0.3, 0.4) is 0 Å². The van der Waals surface area contributed by atoms with Crippen molar-refractivity contribution in [2.24, 2.45) is 0 Å². The number of carbonyl (C=O) groups excluding carboxylic acids is 1. The number of anilines is 1. The summed E-state index contributed by atoms with van der Waals surface area (Å²) in [5, 5.41) is 12.3. The summed E-state index contributed by atoms with van der Waals surface area (Å²) in [6.45, 7) is 0. The van der Waals surface area contributed by atoms with Gasteiger partial charge in [0.2, 0.25) is 0 Å². The standard InChI is InChI=1S/C19H13ClN4O2/c1-26-18-7-6-13(9-15(18)20)24-19(25)12(10-21)8-14-11-22-16-4-2-3-5-17(16)23-14/h2-9,11H,1H3,(H,24,25)/b12-8+. The topological polar surface area (TPSA) is 87.9 Å². The number of amides is 1. The molecule has 1 N–H and O–H groups in total. The molecule has 1 aromatic heterocycles. The minimum atomic E-state index is -0.566. The molecule has 1 amide bonds. The molecule has 0 unspecified atom stereocenters. The number of halogens is 1. The second-order valence-electron chi connectivity index (χ2n) is 5.26. The van der Waals surface area contributed by atoms with Crippen molar-refractivity contribution >= 4 is 40.3 Å². The molecule has 26 heavy (non-hydrogen) atoms. The first-order valence-electron chi connectivity index (χ1n) is 7.59. The smallest absolute Gasteiger partial charge is 0.266 e. The quantitative estimate of drug-likeness (QED) is 0.561. The van der Waals surface area contributed by atoms with E-state index >= 15 is 0 Å². The molecule has 0 saturated heterocycles. The van der Waals surface area contributed by atoms with Crippen LogP contribution in [0.25, 0.3) is 17.1 Å². The normalized spacial score (nSPS) is 11.0. The molecule has 0 aliphatic carbocycles. The number of benzene rings is 2. The maximum Gasteiger partial charge on any atom is 0.266 e. The van der Waals surface area contributed by atoms with E-state index in [0.29, 0.717) is 27.7 Å². The van der Waals surface area contributed by atoms with Crippen molar-refractivity contribution in [1.82, 2.24) is 9.97 Å². The van der Waals surface area contributed by atoms with Crippen LogP contribution >= 0.6 is 11.6 Å². The van der Waals surface area contributed by atoms with Crippen LogP contribution in [0.1, 0.15) is 5.69 Å². The van der Waals surface area contributed by atoms with Crippen molar-refractivity contribution in [2.45, 2.75) is 0 Å². The average molecular weight is 365 g/mol. The van der Waals surface area contributed by atoms with Gasteiger partial charge in [0, 0.05) is 5.69 Å². The predicted molar refractivity (Wildman–Crippen MR) is 99.8 cm³/mol. The Morgan fingerprint density at radius 2 is 2.04 bits per heavy atom. The summed E-state index contributed by atoms with van der Waals surface area (Å²) in [5.41, 5.74) is 2.19. The summed E-state index contributed by atoms with van der Waals surface area (Å²) < 4.78 is 5.06. The minimum absolute atomic E-state index is 0.0958. The number of fused-ring (bicyclic) bond motifs is 1. The van der Waals surface area contributed by atoms with Crippen molar-refractivity contribution in [3.63, 3.8) is 0 Å². The molecule has 128 valence electrons. The fourth-order valence-corrected chi connectivity index (χ4v) is 2.54. The SMILES string of the molecule is COc1ccc(NC(=O)/C(C#N)=C/c2cnc3ccccc3n2)cc1Cl. The number of rotatable bonds is 4. The van der Waals surface area contributed by atoms with Gasteiger partial charge in [-0.3, -0.25) is 9.78 Å². The van der Waals surface area contributed by atoms with E-state index in [4.69, 9.17) is 16.3 Å². The second kappa shape index (κ2) is 7.64. The molecule has 6 nitrogen and oxygen atoms in total. The Morgan fingerprint density at radius 1 is 1.27 bits per heavy atom. The Labute approximate surface area is 154 Å². The van der Waals surface area contributed by atoms with Crippen molar-refractivity contribution in [1.29, 1.82) is 5.26 Å². The maximum atomic E-state index is 12.4.